The second kappa shape index (κ2) is 7.72. The molecule has 1 aliphatic rings. The first-order valence-electron chi connectivity index (χ1n) is 9.17. The molecule has 4 rings (SSSR count). The van der Waals surface area contributed by atoms with E-state index < -0.39 is 10.0 Å². The van der Waals surface area contributed by atoms with Crippen LogP contribution in [0, 0.1) is 0 Å². The van der Waals surface area contributed by atoms with Crippen molar-refractivity contribution >= 4 is 27.3 Å². The zero-order valence-corrected chi connectivity index (χ0v) is 17.3. The zero-order valence-electron chi connectivity index (χ0n) is 16.5. The van der Waals surface area contributed by atoms with Gasteiger partial charge in [-0.2, -0.15) is 0 Å². The predicted molar refractivity (Wildman–Crippen MR) is 116 cm³/mol. The molecule has 0 unspecified atom stereocenters. The molecule has 0 bridgehead atoms. The van der Waals surface area contributed by atoms with E-state index in [9.17, 15) is 13.2 Å². The molecule has 1 heterocycles. The molecule has 1 N–H and O–H groups in total. The molecule has 0 radical (unpaired) electrons. The van der Waals surface area contributed by atoms with E-state index in [1.807, 2.05) is 24.3 Å². The monoisotopic (exact) mass is 424 g/mol. The number of benzene rings is 3. The highest BCUT2D eigenvalue weighted by molar-refractivity contribution is 7.92. The first-order chi connectivity index (χ1) is 14.3. The van der Waals surface area contributed by atoms with Crippen LogP contribution in [0.15, 0.2) is 66.7 Å². The minimum atomic E-state index is -3.52. The van der Waals surface area contributed by atoms with Gasteiger partial charge >= 0.3 is 0 Å². The number of anilines is 2. The van der Waals surface area contributed by atoms with Gasteiger partial charge in [0.2, 0.25) is 16.8 Å². The number of hydrogen-bond donors (Lipinski definition) is 1. The first kappa shape index (κ1) is 19.8. The molecule has 3 aromatic carbocycles. The van der Waals surface area contributed by atoms with Gasteiger partial charge in [0.15, 0.2) is 11.5 Å². The Hall–Kier alpha value is -3.52. The van der Waals surface area contributed by atoms with Crippen LogP contribution >= 0.6 is 0 Å². The summed E-state index contributed by atoms with van der Waals surface area (Å²) in [5.41, 5.74) is 2.86. The smallest absolute Gasteiger partial charge is 0.255 e. The van der Waals surface area contributed by atoms with E-state index in [4.69, 9.17) is 9.47 Å². The van der Waals surface area contributed by atoms with Crippen LogP contribution in [0.3, 0.4) is 0 Å². The number of nitrogens with zero attached hydrogens (tertiary/aromatic N) is 1. The maximum absolute atomic E-state index is 12.7. The van der Waals surface area contributed by atoms with E-state index >= 15 is 0 Å². The standard InChI is InChI=1S/C22H20N2O5S/c1-24(30(2,26)27)19-10-8-16(17-9-11-20-21(13-17)29-14-28-20)12-18(19)23-22(25)15-6-4-3-5-7-15/h3-13H,14H2,1-2H3,(H,23,25). The van der Waals surface area contributed by atoms with E-state index in [-0.39, 0.29) is 12.7 Å². The van der Waals surface area contributed by atoms with Crippen molar-refractivity contribution in [1.82, 2.24) is 0 Å². The SMILES string of the molecule is CN(c1ccc(-c2ccc3c(c2)OCO3)cc1NC(=O)c1ccccc1)S(C)(=O)=O. The topological polar surface area (TPSA) is 84.9 Å². The van der Waals surface area contributed by atoms with Crippen LogP contribution in [0.2, 0.25) is 0 Å². The molecule has 0 saturated heterocycles. The number of carbonyl (C=O) groups excluding carboxylic acids is 1. The Kier molecular flexibility index (Phi) is 5.09. The molecule has 0 aromatic heterocycles. The lowest BCUT2D eigenvalue weighted by Crippen LogP contribution is -2.26. The molecule has 7 nitrogen and oxygen atoms in total. The van der Waals surface area contributed by atoms with Crippen molar-refractivity contribution in [3.8, 4) is 22.6 Å². The molecule has 30 heavy (non-hydrogen) atoms. The van der Waals surface area contributed by atoms with E-state index in [1.165, 1.54) is 7.05 Å². The molecular formula is C22H20N2O5S. The highest BCUT2D eigenvalue weighted by Gasteiger charge is 2.20. The summed E-state index contributed by atoms with van der Waals surface area (Å²) in [7, 11) is -2.07. The van der Waals surface area contributed by atoms with E-state index in [1.54, 1.807) is 42.5 Å². The zero-order chi connectivity index (χ0) is 21.3. The number of ether oxygens (including phenoxy) is 2. The Bertz CT molecular complexity index is 1210. The van der Waals surface area contributed by atoms with Gasteiger partial charge in [-0.1, -0.05) is 30.3 Å². The summed E-state index contributed by atoms with van der Waals surface area (Å²) in [6.45, 7) is 0.176. The quantitative estimate of drug-likeness (QED) is 0.675. The fourth-order valence-electron chi connectivity index (χ4n) is 3.13. The maximum Gasteiger partial charge on any atom is 0.255 e. The molecule has 3 aromatic rings. The van der Waals surface area contributed by atoms with E-state index in [0.717, 1.165) is 21.7 Å². The summed E-state index contributed by atoms with van der Waals surface area (Å²) in [6.07, 6.45) is 1.11. The van der Waals surface area contributed by atoms with Gasteiger partial charge in [0.25, 0.3) is 5.91 Å². The molecule has 0 saturated carbocycles. The highest BCUT2D eigenvalue weighted by Crippen LogP contribution is 2.38. The second-order valence-corrected chi connectivity index (χ2v) is 8.86. The molecule has 0 aliphatic carbocycles. The number of amides is 1. The molecule has 0 spiro atoms. The third kappa shape index (κ3) is 3.95. The fraction of sp³-hybridized carbons (Fsp3) is 0.136. The van der Waals surface area contributed by atoms with Gasteiger partial charge < -0.3 is 14.8 Å². The normalized spacial score (nSPS) is 12.5. The fourth-order valence-corrected chi connectivity index (χ4v) is 3.65. The van der Waals surface area contributed by atoms with Crippen molar-refractivity contribution in [1.29, 1.82) is 0 Å². The molecule has 1 amide bonds. The van der Waals surface area contributed by atoms with Crippen molar-refractivity contribution in [3.05, 3.63) is 72.3 Å². The molecule has 8 heteroatoms. The summed E-state index contributed by atoms with van der Waals surface area (Å²) in [4.78, 5) is 12.7. The minimum absolute atomic E-state index is 0.176. The lowest BCUT2D eigenvalue weighted by atomic mass is 10.0. The van der Waals surface area contributed by atoms with Crippen LogP contribution in [0.25, 0.3) is 11.1 Å². The Morgan fingerprint density at radius 3 is 2.33 bits per heavy atom. The van der Waals surface area contributed by atoms with Crippen LogP contribution in [0.1, 0.15) is 10.4 Å². The third-order valence-corrected chi connectivity index (χ3v) is 6.01. The lowest BCUT2D eigenvalue weighted by molar-refractivity contribution is 0.102. The summed E-state index contributed by atoms with van der Waals surface area (Å²) in [5, 5.41) is 2.84. The summed E-state index contributed by atoms with van der Waals surface area (Å²) < 4.78 is 36.1. The van der Waals surface area contributed by atoms with Crippen LogP contribution in [-0.2, 0) is 10.0 Å². The molecule has 154 valence electrons. The Morgan fingerprint density at radius 1 is 0.933 bits per heavy atom. The Balaban J connectivity index is 1.76. The van der Waals surface area contributed by atoms with Crippen LogP contribution < -0.4 is 19.1 Å². The second-order valence-electron chi connectivity index (χ2n) is 6.85. The van der Waals surface area contributed by atoms with Crippen LogP contribution in [-0.4, -0.2) is 34.4 Å². The van der Waals surface area contributed by atoms with Crippen molar-refractivity contribution < 1.29 is 22.7 Å². The first-order valence-corrected chi connectivity index (χ1v) is 11.0. The maximum atomic E-state index is 12.7. The third-order valence-electron chi connectivity index (χ3n) is 4.82. The van der Waals surface area contributed by atoms with Gasteiger partial charge in [-0.05, 0) is 47.5 Å². The largest absolute Gasteiger partial charge is 0.454 e. The van der Waals surface area contributed by atoms with Crippen LogP contribution in [0.5, 0.6) is 11.5 Å². The van der Waals surface area contributed by atoms with Crippen molar-refractivity contribution in [2.75, 3.05) is 29.7 Å². The number of sulfonamides is 1. The lowest BCUT2D eigenvalue weighted by Gasteiger charge is -2.21. The van der Waals surface area contributed by atoms with Gasteiger partial charge in [0.05, 0.1) is 17.6 Å². The Morgan fingerprint density at radius 2 is 1.60 bits per heavy atom. The number of carbonyl (C=O) groups is 1. The highest BCUT2D eigenvalue weighted by atomic mass is 32.2. The van der Waals surface area contributed by atoms with Gasteiger partial charge in [-0.3, -0.25) is 9.10 Å². The minimum Gasteiger partial charge on any atom is -0.454 e. The van der Waals surface area contributed by atoms with Gasteiger partial charge in [-0.15, -0.1) is 0 Å². The molecule has 0 atom stereocenters. The van der Waals surface area contributed by atoms with Gasteiger partial charge in [0.1, 0.15) is 0 Å². The summed E-state index contributed by atoms with van der Waals surface area (Å²) >= 11 is 0. The van der Waals surface area contributed by atoms with E-state index in [2.05, 4.69) is 5.32 Å². The summed E-state index contributed by atoms with van der Waals surface area (Å²) in [5.74, 6) is 0.978. The number of hydrogen-bond acceptors (Lipinski definition) is 5. The Labute approximate surface area is 174 Å². The van der Waals surface area contributed by atoms with Crippen molar-refractivity contribution in [2.45, 2.75) is 0 Å². The van der Waals surface area contributed by atoms with E-state index in [0.29, 0.717) is 28.4 Å². The van der Waals surface area contributed by atoms with Crippen molar-refractivity contribution in [3.63, 3.8) is 0 Å². The number of rotatable bonds is 5. The summed E-state index contributed by atoms with van der Waals surface area (Å²) in [6, 6.07) is 19.5. The average Bonchev–Trinajstić information content (AvgIpc) is 3.21. The van der Waals surface area contributed by atoms with Gasteiger partial charge in [0, 0.05) is 12.6 Å². The molecule has 1 aliphatic heterocycles. The number of nitrogens with one attached hydrogen (secondary N) is 1. The van der Waals surface area contributed by atoms with Crippen molar-refractivity contribution in [2.24, 2.45) is 0 Å². The average molecular weight is 424 g/mol. The van der Waals surface area contributed by atoms with Gasteiger partial charge in [-0.25, -0.2) is 8.42 Å². The predicted octanol–water partition coefficient (Wildman–Crippen LogP) is 3.73. The number of fused-ring (bicyclic) bond motifs is 1. The van der Waals surface area contributed by atoms with Crippen LogP contribution in [0.4, 0.5) is 11.4 Å². The molecule has 0 fully saturated rings. The molecular weight excluding hydrogens is 404 g/mol.